The Labute approximate surface area is 161 Å². The number of carbonyl (C=O) groups excluding carboxylic acids is 2. The van der Waals surface area contributed by atoms with E-state index in [9.17, 15) is 14.4 Å². The summed E-state index contributed by atoms with van der Waals surface area (Å²) in [5.74, 6) is 0.260. The van der Waals surface area contributed by atoms with Gasteiger partial charge in [0.05, 0.1) is 16.8 Å². The summed E-state index contributed by atoms with van der Waals surface area (Å²) in [5, 5.41) is 0.651. The molecule has 2 fully saturated rings. The molecule has 1 atom stereocenters. The highest BCUT2D eigenvalue weighted by molar-refractivity contribution is 8.00. The number of amides is 2. The first-order valence-corrected chi connectivity index (χ1v) is 10.3. The van der Waals surface area contributed by atoms with E-state index in [0.717, 1.165) is 0 Å². The van der Waals surface area contributed by atoms with Crippen molar-refractivity contribution in [1.82, 2.24) is 19.8 Å². The number of fused-ring (bicyclic) bond motifs is 1. The first-order chi connectivity index (χ1) is 13.0. The van der Waals surface area contributed by atoms with E-state index in [1.165, 1.54) is 12.8 Å². The molecule has 8 heteroatoms. The van der Waals surface area contributed by atoms with Crippen molar-refractivity contribution in [3.63, 3.8) is 0 Å². The number of thioether (sulfide) groups is 1. The molecular weight excluding hydrogens is 364 g/mol. The molecule has 0 spiro atoms. The second-order valence-corrected chi connectivity index (χ2v) is 8.42. The Hall–Kier alpha value is -2.35. The van der Waals surface area contributed by atoms with Crippen molar-refractivity contribution in [3.05, 3.63) is 40.3 Å². The van der Waals surface area contributed by atoms with Crippen molar-refractivity contribution < 1.29 is 9.59 Å². The molecule has 1 saturated carbocycles. The van der Waals surface area contributed by atoms with Crippen LogP contribution < -0.4 is 5.56 Å². The van der Waals surface area contributed by atoms with Gasteiger partial charge in [-0.1, -0.05) is 12.1 Å². The van der Waals surface area contributed by atoms with E-state index in [4.69, 9.17) is 0 Å². The Morgan fingerprint density at radius 3 is 2.78 bits per heavy atom. The van der Waals surface area contributed by atoms with E-state index in [2.05, 4.69) is 9.97 Å². The number of hydrogen-bond donors (Lipinski definition) is 1. The minimum absolute atomic E-state index is 0.0745. The van der Waals surface area contributed by atoms with Crippen LogP contribution in [-0.2, 0) is 4.79 Å². The number of nitrogens with one attached hydrogen (secondary N) is 1. The number of hydrogen-bond acceptors (Lipinski definition) is 5. The summed E-state index contributed by atoms with van der Waals surface area (Å²) in [5.41, 5.74) is 0.617. The van der Waals surface area contributed by atoms with Gasteiger partial charge in [0.25, 0.3) is 11.5 Å². The quantitative estimate of drug-likeness (QED) is 0.860. The summed E-state index contributed by atoms with van der Waals surface area (Å²) in [6, 6.07) is 7.06. The summed E-state index contributed by atoms with van der Waals surface area (Å²) in [6.07, 6.45) is 2.42. The van der Waals surface area contributed by atoms with Gasteiger partial charge in [0.15, 0.2) is 5.69 Å². The molecule has 7 nitrogen and oxygen atoms in total. The Morgan fingerprint density at radius 2 is 2.04 bits per heavy atom. The van der Waals surface area contributed by atoms with E-state index < -0.39 is 5.56 Å². The average molecular weight is 386 g/mol. The van der Waals surface area contributed by atoms with Gasteiger partial charge in [-0.2, -0.15) is 0 Å². The molecule has 1 saturated heterocycles. The number of aromatic amines is 1. The lowest BCUT2D eigenvalue weighted by Gasteiger charge is -2.39. The standard InChI is InChI=1S/C19H22N4O3S/c1-12-10-22(8-9-23(12)16(24)11-27-13-6-7-13)19(26)17-18(25)21-15-5-3-2-4-14(15)20-17/h2-5,12-13H,6-11H2,1H3,(H,21,25)/t12-/m0/s1. The van der Waals surface area contributed by atoms with E-state index >= 15 is 0 Å². The number of aromatic nitrogens is 2. The molecule has 2 aromatic rings. The molecule has 2 aliphatic rings. The SMILES string of the molecule is C[C@H]1CN(C(=O)c2nc3ccccc3[nH]c2=O)CCN1C(=O)CSC1CC1. The highest BCUT2D eigenvalue weighted by Gasteiger charge is 2.32. The van der Waals surface area contributed by atoms with Crippen LogP contribution in [0.5, 0.6) is 0 Å². The molecule has 0 radical (unpaired) electrons. The van der Waals surface area contributed by atoms with E-state index in [-0.39, 0.29) is 23.6 Å². The number of para-hydroxylation sites is 2. The normalized spacial score (nSPS) is 20.1. The maximum absolute atomic E-state index is 12.8. The zero-order valence-corrected chi connectivity index (χ0v) is 16.0. The topological polar surface area (TPSA) is 86.4 Å². The molecule has 1 aliphatic carbocycles. The molecule has 1 aromatic carbocycles. The first kappa shape index (κ1) is 18.0. The average Bonchev–Trinajstić information content (AvgIpc) is 3.49. The summed E-state index contributed by atoms with van der Waals surface area (Å²) < 4.78 is 0. The van der Waals surface area contributed by atoms with Gasteiger partial charge >= 0.3 is 0 Å². The third-order valence-electron chi connectivity index (χ3n) is 5.00. The number of H-pyrrole nitrogens is 1. The number of benzene rings is 1. The molecule has 0 unspecified atom stereocenters. The smallest absolute Gasteiger partial charge is 0.280 e. The summed E-state index contributed by atoms with van der Waals surface area (Å²) >= 11 is 1.73. The van der Waals surface area contributed by atoms with E-state index in [1.54, 1.807) is 34.9 Å². The van der Waals surface area contributed by atoms with Crippen LogP contribution in [0.25, 0.3) is 11.0 Å². The second kappa shape index (κ2) is 7.34. The fourth-order valence-electron chi connectivity index (χ4n) is 3.34. The van der Waals surface area contributed by atoms with Gasteiger partial charge in [-0.25, -0.2) is 4.98 Å². The Bertz CT molecular complexity index is 940. The highest BCUT2D eigenvalue weighted by Crippen LogP contribution is 2.34. The predicted octanol–water partition coefficient (Wildman–Crippen LogP) is 1.49. The van der Waals surface area contributed by atoms with Gasteiger partial charge in [-0.15, -0.1) is 11.8 Å². The van der Waals surface area contributed by atoms with Crippen LogP contribution in [-0.4, -0.2) is 68.3 Å². The maximum atomic E-state index is 12.8. The summed E-state index contributed by atoms with van der Waals surface area (Å²) in [6.45, 7) is 3.25. The fourth-order valence-corrected chi connectivity index (χ4v) is 4.36. The number of carbonyl (C=O) groups is 2. The zero-order valence-electron chi connectivity index (χ0n) is 15.2. The minimum Gasteiger partial charge on any atom is -0.336 e. The van der Waals surface area contributed by atoms with Crippen molar-refractivity contribution >= 4 is 34.6 Å². The summed E-state index contributed by atoms with van der Waals surface area (Å²) in [4.78, 5) is 48.0. The van der Waals surface area contributed by atoms with Crippen LogP contribution >= 0.6 is 11.8 Å². The molecule has 27 heavy (non-hydrogen) atoms. The van der Waals surface area contributed by atoms with Gasteiger partial charge in [-0.3, -0.25) is 14.4 Å². The molecule has 2 amide bonds. The zero-order chi connectivity index (χ0) is 19.0. The first-order valence-electron chi connectivity index (χ1n) is 9.22. The largest absolute Gasteiger partial charge is 0.336 e. The maximum Gasteiger partial charge on any atom is 0.280 e. The van der Waals surface area contributed by atoms with Crippen LogP contribution in [0.2, 0.25) is 0 Å². The van der Waals surface area contributed by atoms with Crippen molar-refractivity contribution in [2.45, 2.75) is 31.1 Å². The fraction of sp³-hybridized carbons (Fsp3) is 0.474. The molecule has 2 heterocycles. The Balaban J connectivity index is 1.45. The van der Waals surface area contributed by atoms with Gasteiger partial charge in [0.1, 0.15) is 0 Å². The molecule has 1 N–H and O–H groups in total. The third-order valence-corrected chi connectivity index (χ3v) is 6.36. The Kier molecular flexibility index (Phi) is 4.90. The highest BCUT2D eigenvalue weighted by atomic mass is 32.2. The van der Waals surface area contributed by atoms with Gasteiger partial charge in [0.2, 0.25) is 5.91 Å². The van der Waals surface area contributed by atoms with Crippen LogP contribution in [0.3, 0.4) is 0 Å². The number of rotatable bonds is 4. The van der Waals surface area contributed by atoms with Gasteiger partial charge in [-0.05, 0) is 31.9 Å². The van der Waals surface area contributed by atoms with Gasteiger partial charge in [0, 0.05) is 30.9 Å². The summed E-state index contributed by atoms with van der Waals surface area (Å²) in [7, 11) is 0. The van der Waals surface area contributed by atoms with Crippen molar-refractivity contribution in [1.29, 1.82) is 0 Å². The predicted molar refractivity (Wildman–Crippen MR) is 105 cm³/mol. The lowest BCUT2D eigenvalue weighted by molar-refractivity contribution is -0.132. The second-order valence-electron chi connectivity index (χ2n) is 7.13. The molecule has 142 valence electrons. The monoisotopic (exact) mass is 386 g/mol. The van der Waals surface area contributed by atoms with Crippen LogP contribution in [0.4, 0.5) is 0 Å². The van der Waals surface area contributed by atoms with Crippen molar-refractivity contribution in [2.75, 3.05) is 25.4 Å². The molecular formula is C19H22N4O3S. The Morgan fingerprint density at radius 1 is 1.26 bits per heavy atom. The molecule has 1 aliphatic heterocycles. The van der Waals surface area contributed by atoms with Crippen LogP contribution in [0.1, 0.15) is 30.3 Å². The lowest BCUT2D eigenvalue weighted by Crippen LogP contribution is -2.56. The molecule has 1 aromatic heterocycles. The number of piperazine rings is 1. The van der Waals surface area contributed by atoms with Crippen LogP contribution in [0, 0.1) is 0 Å². The third kappa shape index (κ3) is 3.85. The number of nitrogens with zero attached hydrogens (tertiary/aromatic N) is 3. The lowest BCUT2D eigenvalue weighted by atomic mass is 10.1. The van der Waals surface area contributed by atoms with Crippen LogP contribution in [0.15, 0.2) is 29.1 Å². The van der Waals surface area contributed by atoms with Crippen molar-refractivity contribution in [3.8, 4) is 0 Å². The van der Waals surface area contributed by atoms with Gasteiger partial charge < -0.3 is 14.8 Å². The molecule has 0 bridgehead atoms. The van der Waals surface area contributed by atoms with E-state index in [1.807, 2.05) is 17.9 Å². The van der Waals surface area contributed by atoms with Crippen molar-refractivity contribution in [2.24, 2.45) is 0 Å². The van der Waals surface area contributed by atoms with E-state index in [0.29, 0.717) is 41.7 Å². The minimum atomic E-state index is -0.481. The molecule has 4 rings (SSSR count).